The van der Waals surface area contributed by atoms with E-state index in [2.05, 4.69) is 4.98 Å². The molecule has 0 saturated carbocycles. The maximum atomic E-state index is 13.0. The lowest BCUT2D eigenvalue weighted by atomic mass is 10.1. The quantitative estimate of drug-likeness (QED) is 0.852. The molecule has 0 N–H and O–H groups in total. The standard InChI is InChI=1S/C13H11F2NOS/c1-8-7-18-13(16-8)6-10(17)4-9-2-3-11(14)12(15)5-9/h2-3,5,7H,4,6H2,1H3. The van der Waals surface area contributed by atoms with Crippen molar-refractivity contribution in [2.75, 3.05) is 0 Å². The van der Waals surface area contributed by atoms with Crippen LogP contribution in [0, 0.1) is 18.6 Å². The van der Waals surface area contributed by atoms with Crippen LogP contribution in [-0.2, 0) is 17.6 Å². The number of thiazole rings is 1. The van der Waals surface area contributed by atoms with E-state index in [-0.39, 0.29) is 18.6 Å². The van der Waals surface area contributed by atoms with Crippen LogP contribution in [0.4, 0.5) is 8.78 Å². The summed E-state index contributed by atoms with van der Waals surface area (Å²) in [6.07, 6.45) is 0.327. The molecule has 18 heavy (non-hydrogen) atoms. The van der Waals surface area contributed by atoms with Gasteiger partial charge in [-0.3, -0.25) is 4.79 Å². The Kier molecular flexibility index (Phi) is 3.81. The molecule has 94 valence electrons. The van der Waals surface area contributed by atoms with Crippen molar-refractivity contribution in [1.82, 2.24) is 4.98 Å². The Morgan fingerprint density at radius 3 is 2.67 bits per heavy atom. The van der Waals surface area contributed by atoms with Crippen LogP contribution < -0.4 is 0 Å². The molecule has 0 aliphatic rings. The predicted octanol–water partition coefficient (Wildman–Crippen LogP) is 3.08. The van der Waals surface area contributed by atoms with Crippen molar-refractivity contribution in [2.45, 2.75) is 19.8 Å². The van der Waals surface area contributed by atoms with E-state index in [0.29, 0.717) is 5.56 Å². The Labute approximate surface area is 107 Å². The SMILES string of the molecule is Cc1csc(CC(=O)Cc2ccc(F)c(F)c2)n1. The van der Waals surface area contributed by atoms with Gasteiger partial charge in [0.25, 0.3) is 0 Å². The maximum absolute atomic E-state index is 13.0. The third-order valence-corrected chi connectivity index (χ3v) is 3.37. The Bertz CT molecular complexity index is 580. The van der Waals surface area contributed by atoms with Crippen molar-refractivity contribution >= 4 is 17.1 Å². The lowest BCUT2D eigenvalue weighted by Gasteiger charge is -2.00. The van der Waals surface area contributed by atoms with Gasteiger partial charge in [-0.25, -0.2) is 13.8 Å². The molecule has 2 nitrogen and oxygen atoms in total. The predicted molar refractivity (Wildman–Crippen MR) is 65.6 cm³/mol. The second kappa shape index (κ2) is 5.35. The minimum absolute atomic E-state index is 0.0599. The highest BCUT2D eigenvalue weighted by Gasteiger charge is 2.10. The first-order chi connectivity index (χ1) is 8.54. The van der Waals surface area contributed by atoms with E-state index in [1.165, 1.54) is 17.4 Å². The van der Waals surface area contributed by atoms with Crippen molar-refractivity contribution in [3.63, 3.8) is 0 Å². The number of benzene rings is 1. The lowest BCUT2D eigenvalue weighted by molar-refractivity contribution is -0.117. The number of halogens is 2. The van der Waals surface area contributed by atoms with Gasteiger partial charge in [0.2, 0.25) is 0 Å². The molecule has 1 aromatic carbocycles. The van der Waals surface area contributed by atoms with E-state index in [9.17, 15) is 13.6 Å². The van der Waals surface area contributed by atoms with Crippen LogP contribution in [0.3, 0.4) is 0 Å². The molecule has 2 rings (SSSR count). The zero-order chi connectivity index (χ0) is 13.1. The van der Waals surface area contributed by atoms with Gasteiger partial charge in [0.1, 0.15) is 10.8 Å². The molecule has 1 heterocycles. The number of ketones is 1. The van der Waals surface area contributed by atoms with Gasteiger partial charge in [-0.1, -0.05) is 6.07 Å². The Hall–Kier alpha value is -1.62. The summed E-state index contributed by atoms with van der Waals surface area (Å²) >= 11 is 1.43. The largest absolute Gasteiger partial charge is 0.299 e. The van der Waals surface area contributed by atoms with Crippen LogP contribution in [-0.4, -0.2) is 10.8 Å². The molecule has 0 fully saturated rings. The number of carbonyl (C=O) groups excluding carboxylic acids is 1. The zero-order valence-corrected chi connectivity index (χ0v) is 10.6. The van der Waals surface area contributed by atoms with Gasteiger partial charge in [0.05, 0.1) is 6.42 Å². The van der Waals surface area contributed by atoms with E-state index in [0.717, 1.165) is 22.8 Å². The smallest absolute Gasteiger partial charge is 0.159 e. The number of hydrogen-bond donors (Lipinski definition) is 0. The molecule has 0 spiro atoms. The summed E-state index contributed by atoms with van der Waals surface area (Å²) in [5.41, 5.74) is 1.36. The van der Waals surface area contributed by atoms with Crippen LogP contribution in [0.5, 0.6) is 0 Å². The van der Waals surface area contributed by atoms with Gasteiger partial charge in [0.15, 0.2) is 11.6 Å². The molecular formula is C13H11F2NOS. The van der Waals surface area contributed by atoms with Crippen LogP contribution in [0.15, 0.2) is 23.6 Å². The molecule has 0 bridgehead atoms. The number of hydrogen-bond acceptors (Lipinski definition) is 3. The molecule has 2 aromatic rings. The van der Waals surface area contributed by atoms with Gasteiger partial charge in [0, 0.05) is 17.5 Å². The van der Waals surface area contributed by atoms with E-state index in [1.54, 1.807) is 0 Å². The fourth-order valence-corrected chi connectivity index (χ4v) is 2.39. The number of Topliss-reactive ketones (excluding diaryl/α,β-unsaturated/α-hetero) is 1. The molecule has 0 unspecified atom stereocenters. The van der Waals surface area contributed by atoms with Crippen molar-refractivity contribution in [2.24, 2.45) is 0 Å². The van der Waals surface area contributed by atoms with Gasteiger partial charge >= 0.3 is 0 Å². The van der Waals surface area contributed by atoms with Gasteiger partial charge in [-0.05, 0) is 24.6 Å². The summed E-state index contributed by atoms with van der Waals surface area (Å²) in [6.45, 7) is 1.86. The van der Waals surface area contributed by atoms with Crippen LogP contribution in [0.25, 0.3) is 0 Å². The highest BCUT2D eigenvalue weighted by molar-refractivity contribution is 7.09. The molecule has 0 saturated heterocycles. The number of aryl methyl sites for hydroxylation is 1. The average Bonchev–Trinajstić information content (AvgIpc) is 2.69. The van der Waals surface area contributed by atoms with E-state index in [4.69, 9.17) is 0 Å². The number of aromatic nitrogens is 1. The fourth-order valence-electron chi connectivity index (χ4n) is 1.59. The number of nitrogens with zero attached hydrogens (tertiary/aromatic N) is 1. The minimum Gasteiger partial charge on any atom is -0.299 e. The highest BCUT2D eigenvalue weighted by Crippen LogP contribution is 2.13. The minimum atomic E-state index is -0.926. The molecule has 0 aliphatic carbocycles. The summed E-state index contributed by atoms with van der Waals surface area (Å²) in [6, 6.07) is 3.51. The lowest BCUT2D eigenvalue weighted by Crippen LogP contribution is -2.07. The van der Waals surface area contributed by atoms with E-state index < -0.39 is 11.6 Å². The topological polar surface area (TPSA) is 30.0 Å². The number of carbonyl (C=O) groups is 1. The van der Waals surface area contributed by atoms with Gasteiger partial charge in [-0.2, -0.15) is 0 Å². The van der Waals surface area contributed by atoms with Crippen LogP contribution in [0.2, 0.25) is 0 Å². The van der Waals surface area contributed by atoms with E-state index >= 15 is 0 Å². The van der Waals surface area contributed by atoms with Crippen LogP contribution in [0.1, 0.15) is 16.3 Å². The van der Waals surface area contributed by atoms with Gasteiger partial charge < -0.3 is 0 Å². The molecule has 5 heteroatoms. The third kappa shape index (κ3) is 3.20. The molecule has 0 amide bonds. The monoisotopic (exact) mass is 267 g/mol. The average molecular weight is 267 g/mol. The number of rotatable bonds is 4. The zero-order valence-electron chi connectivity index (χ0n) is 9.74. The fraction of sp³-hybridized carbons (Fsp3) is 0.231. The maximum Gasteiger partial charge on any atom is 0.159 e. The Morgan fingerprint density at radius 2 is 2.06 bits per heavy atom. The molecule has 1 aromatic heterocycles. The summed E-state index contributed by atoms with van der Waals surface area (Å²) in [5.74, 6) is -1.89. The van der Waals surface area contributed by atoms with E-state index in [1.807, 2.05) is 12.3 Å². The first-order valence-corrected chi connectivity index (χ1v) is 6.29. The van der Waals surface area contributed by atoms with Gasteiger partial charge in [-0.15, -0.1) is 11.3 Å². The first-order valence-electron chi connectivity index (χ1n) is 5.41. The summed E-state index contributed by atoms with van der Waals surface area (Å²) in [5, 5.41) is 2.63. The molecular weight excluding hydrogens is 256 g/mol. The normalized spacial score (nSPS) is 10.6. The van der Waals surface area contributed by atoms with Crippen molar-refractivity contribution < 1.29 is 13.6 Å². The second-order valence-electron chi connectivity index (χ2n) is 4.02. The second-order valence-corrected chi connectivity index (χ2v) is 4.97. The third-order valence-electron chi connectivity index (χ3n) is 2.40. The van der Waals surface area contributed by atoms with Crippen LogP contribution >= 0.6 is 11.3 Å². The summed E-state index contributed by atoms with van der Waals surface area (Å²) in [7, 11) is 0. The highest BCUT2D eigenvalue weighted by atomic mass is 32.1. The Balaban J connectivity index is 2.00. The summed E-state index contributed by atoms with van der Waals surface area (Å²) < 4.78 is 25.7. The Morgan fingerprint density at radius 1 is 1.28 bits per heavy atom. The molecule has 0 atom stereocenters. The van der Waals surface area contributed by atoms with Crippen molar-refractivity contribution in [3.05, 3.63) is 51.5 Å². The van der Waals surface area contributed by atoms with Crippen molar-refractivity contribution in [1.29, 1.82) is 0 Å². The molecule has 0 radical (unpaired) electrons. The summed E-state index contributed by atoms with van der Waals surface area (Å²) in [4.78, 5) is 15.9. The first kappa shape index (κ1) is 12.8. The van der Waals surface area contributed by atoms with Crippen molar-refractivity contribution in [3.8, 4) is 0 Å². The molecule has 0 aliphatic heterocycles.